The molecule has 1 saturated heterocycles. The molecule has 1 fully saturated rings. The second-order valence-corrected chi connectivity index (χ2v) is 12.3. The second kappa shape index (κ2) is 8.90. The molecule has 0 radical (unpaired) electrons. The third-order valence-electron chi connectivity index (χ3n) is 6.26. The first-order chi connectivity index (χ1) is 16.7. The van der Waals surface area contributed by atoms with Gasteiger partial charge in [0.15, 0.2) is 5.65 Å². The number of anilines is 3. The minimum Gasteiger partial charge on any atom is -0.352 e. The van der Waals surface area contributed by atoms with E-state index in [9.17, 15) is 8.42 Å². The number of aromatic nitrogens is 5. The molecule has 0 spiro atoms. The number of nitrogens with two attached hydrogens (primary N) is 1. The summed E-state index contributed by atoms with van der Waals surface area (Å²) in [5, 5.41) is 13.0. The van der Waals surface area contributed by atoms with E-state index < -0.39 is 10.0 Å². The van der Waals surface area contributed by atoms with E-state index >= 15 is 0 Å². The van der Waals surface area contributed by atoms with Gasteiger partial charge in [-0.3, -0.25) is 4.68 Å². The molecule has 1 aliphatic rings. The predicted molar refractivity (Wildman–Crippen MR) is 138 cm³/mol. The van der Waals surface area contributed by atoms with Crippen LogP contribution in [0.4, 0.5) is 16.6 Å². The van der Waals surface area contributed by atoms with Crippen molar-refractivity contribution >= 4 is 43.6 Å². The summed E-state index contributed by atoms with van der Waals surface area (Å²) in [5.74, 6) is 1.51. The van der Waals surface area contributed by atoms with Crippen molar-refractivity contribution in [3.8, 4) is 11.1 Å². The summed E-state index contributed by atoms with van der Waals surface area (Å²) in [5.41, 5.74) is 9.22. The molecule has 5 heterocycles. The van der Waals surface area contributed by atoms with E-state index in [4.69, 9.17) is 10.7 Å². The molecule has 35 heavy (non-hydrogen) atoms. The van der Waals surface area contributed by atoms with Crippen LogP contribution >= 0.6 is 11.3 Å². The van der Waals surface area contributed by atoms with Gasteiger partial charge in [-0.05, 0) is 31.4 Å². The third-order valence-corrected chi connectivity index (χ3v) is 9.84. The summed E-state index contributed by atoms with van der Waals surface area (Å²) < 4.78 is 30.5. The molecule has 13 heteroatoms. The van der Waals surface area contributed by atoms with Crippen LogP contribution in [0.5, 0.6) is 0 Å². The average molecular weight is 516 g/mol. The molecule has 4 aromatic heterocycles. The van der Waals surface area contributed by atoms with Gasteiger partial charge in [-0.2, -0.15) is 14.7 Å². The molecule has 0 aliphatic carbocycles. The molecule has 186 valence electrons. The number of rotatable bonds is 7. The Morgan fingerprint density at radius 1 is 1.26 bits per heavy atom. The molecule has 4 aromatic rings. The Hall–Kier alpha value is -3.00. The number of nitrogens with one attached hydrogen (secondary N) is 1. The molecule has 5 rings (SSSR count). The van der Waals surface area contributed by atoms with Crippen molar-refractivity contribution < 1.29 is 8.42 Å². The zero-order valence-electron chi connectivity index (χ0n) is 20.1. The fraction of sp³-hybridized carbons (Fsp3) is 0.409. The quantitative estimate of drug-likeness (QED) is 0.384. The largest absolute Gasteiger partial charge is 0.352 e. The van der Waals surface area contributed by atoms with E-state index in [0.717, 1.165) is 36.3 Å². The molecule has 0 aromatic carbocycles. The molecular weight excluding hydrogens is 486 g/mol. The summed E-state index contributed by atoms with van der Waals surface area (Å²) in [4.78, 5) is 7.23. The number of fused-ring (bicyclic) bond motifs is 1. The summed E-state index contributed by atoms with van der Waals surface area (Å²) >= 11 is 1.20. The highest BCUT2D eigenvalue weighted by atomic mass is 32.2. The zero-order chi connectivity index (χ0) is 24.9. The number of nitrogens with zero attached hydrogens (tertiary/aromatic N) is 7. The Bertz CT molecular complexity index is 1490. The van der Waals surface area contributed by atoms with Gasteiger partial charge in [0.25, 0.3) is 10.0 Å². The molecule has 1 unspecified atom stereocenters. The van der Waals surface area contributed by atoms with Crippen molar-refractivity contribution in [3.05, 3.63) is 36.3 Å². The van der Waals surface area contributed by atoms with Gasteiger partial charge in [0, 0.05) is 63.7 Å². The molecular formula is C22H29N9O2S2. The summed E-state index contributed by atoms with van der Waals surface area (Å²) in [6, 6.07) is 4.02. The van der Waals surface area contributed by atoms with E-state index in [0.29, 0.717) is 32.8 Å². The van der Waals surface area contributed by atoms with Crippen molar-refractivity contribution in [1.29, 1.82) is 0 Å². The minimum atomic E-state index is -3.54. The van der Waals surface area contributed by atoms with Gasteiger partial charge in [0.05, 0.1) is 17.4 Å². The van der Waals surface area contributed by atoms with E-state index in [1.807, 2.05) is 25.4 Å². The number of hydrogen-bond donors (Lipinski definition) is 2. The zero-order valence-corrected chi connectivity index (χ0v) is 21.8. The van der Waals surface area contributed by atoms with Crippen LogP contribution in [0.2, 0.25) is 0 Å². The Morgan fingerprint density at radius 3 is 2.74 bits per heavy atom. The minimum absolute atomic E-state index is 0.225. The second-order valence-electron chi connectivity index (χ2n) is 8.91. The van der Waals surface area contributed by atoms with Gasteiger partial charge >= 0.3 is 0 Å². The molecule has 3 N–H and O–H groups in total. The summed E-state index contributed by atoms with van der Waals surface area (Å²) in [6.07, 6.45) is 7.58. The maximum atomic E-state index is 12.7. The molecule has 1 aliphatic heterocycles. The van der Waals surface area contributed by atoms with Crippen LogP contribution in [0, 0.1) is 6.92 Å². The first-order valence-electron chi connectivity index (χ1n) is 11.3. The third kappa shape index (κ3) is 4.18. The van der Waals surface area contributed by atoms with E-state index in [1.165, 1.54) is 29.7 Å². The van der Waals surface area contributed by atoms with Crippen molar-refractivity contribution in [2.45, 2.75) is 30.0 Å². The van der Waals surface area contributed by atoms with Crippen LogP contribution in [0.3, 0.4) is 0 Å². The van der Waals surface area contributed by atoms with Crippen molar-refractivity contribution in [2.75, 3.05) is 37.4 Å². The van der Waals surface area contributed by atoms with Gasteiger partial charge in [-0.1, -0.05) is 0 Å². The smallest absolute Gasteiger partial charge is 0.252 e. The highest BCUT2D eigenvalue weighted by molar-refractivity contribution is 7.91. The normalized spacial score (nSPS) is 16.6. The standard InChI is InChI=1S/C22H29N9O2S2/c1-14-8-20(34-22(14)35(32,33)28(2)3)26-19-9-18(30-7-5-6-16(30)10-23)27-21-17(12-25-31(19)21)15-11-24-29(4)13-15/h8-9,11-13,16,26H,5-7,10,23H2,1-4H3. The lowest BCUT2D eigenvalue weighted by Crippen LogP contribution is -2.36. The molecule has 1 atom stereocenters. The van der Waals surface area contributed by atoms with Gasteiger partial charge in [-0.15, -0.1) is 11.3 Å². The highest BCUT2D eigenvalue weighted by Crippen LogP contribution is 2.36. The lowest BCUT2D eigenvalue weighted by molar-refractivity contribution is 0.522. The first-order valence-corrected chi connectivity index (χ1v) is 13.6. The van der Waals surface area contributed by atoms with Gasteiger partial charge in [0.2, 0.25) is 0 Å². The monoisotopic (exact) mass is 515 g/mol. The van der Waals surface area contributed by atoms with Gasteiger partial charge < -0.3 is 16.0 Å². The van der Waals surface area contributed by atoms with Crippen LogP contribution in [-0.2, 0) is 17.1 Å². The summed E-state index contributed by atoms with van der Waals surface area (Å²) in [7, 11) is 1.40. The first kappa shape index (κ1) is 23.7. The van der Waals surface area contributed by atoms with Crippen LogP contribution < -0.4 is 16.0 Å². The lowest BCUT2D eigenvalue weighted by Gasteiger charge is -2.25. The lowest BCUT2D eigenvalue weighted by atomic mass is 10.2. The van der Waals surface area contributed by atoms with Crippen LogP contribution in [0.1, 0.15) is 18.4 Å². The van der Waals surface area contributed by atoms with Crippen molar-refractivity contribution in [1.82, 2.24) is 28.7 Å². The van der Waals surface area contributed by atoms with E-state index in [2.05, 4.69) is 20.4 Å². The average Bonchev–Trinajstić information content (AvgIpc) is 3.59. The van der Waals surface area contributed by atoms with Crippen LogP contribution in [0.25, 0.3) is 16.8 Å². The molecule has 0 amide bonds. The Balaban J connectivity index is 1.63. The van der Waals surface area contributed by atoms with Crippen LogP contribution in [0.15, 0.2) is 34.9 Å². The Kier molecular flexibility index (Phi) is 6.03. The maximum absolute atomic E-state index is 12.7. The maximum Gasteiger partial charge on any atom is 0.252 e. The highest BCUT2D eigenvalue weighted by Gasteiger charge is 2.27. The predicted octanol–water partition coefficient (Wildman–Crippen LogP) is 2.42. The fourth-order valence-electron chi connectivity index (χ4n) is 4.41. The van der Waals surface area contributed by atoms with Crippen molar-refractivity contribution in [3.63, 3.8) is 0 Å². The topological polar surface area (TPSA) is 127 Å². The van der Waals surface area contributed by atoms with Crippen molar-refractivity contribution in [2.24, 2.45) is 12.8 Å². The molecule has 0 saturated carbocycles. The summed E-state index contributed by atoms with van der Waals surface area (Å²) in [6.45, 7) is 3.24. The van der Waals surface area contributed by atoms with E-state index in [-0.39, 0.29) is 6.04 Å². The number of aryl methyl sites for hydroxylation is 2. The number of thiophene rings is 1. The molecule has 11 nitrogen and oxygen atoms in total. The number of hydrogen-bond acceptors (Lipinski definition) is 9. The van der Waals surface area contributed by atoms with Gasteiger partial charge in [-0.25, -0.2) is 17.7 Å². The number of sulfonamides is 1. The molecule has 0 bridgehead atoms. The van der Waals surface area contributed by atoms with Crippen LogP contribution in [-0.4, -0.2) is 70.3 Å². The van der Waals surface area contributed by atoms with E-state index in [1.54, 1.807) is 28.5 Å². The Morgan fingerprint density at radius 2 is 2.06 bits per heavy atom. The van der Waals surface area contributed by atoms with Gasteiger partial charge in [0.1, 0.15) is 15.8 Å². The fourth-order valence-corrected chi connectivity index (χ4v) is 7.15. The SMILES string of the molecule is Cc1cc(Nc2cc(N3CCCC3CN)nc3c(-c4cnn(C)c4)cnn23)sc1S(=O)(=O)N(C)C. The Labute approximate surface area is 208 Å².